The molecule has 0 heterocycles. The lowest BCUT2D eigenvalue weighted by Crippen LogP contribution is -2.22. The SMILES string of the molecule is C=C(C)S(=O)(=O)C(=C)C(=O)OOCC(O)CO. The van der Waals surface area contributed by atoms with Gasteiger partial charge in [0, 0.05) is 4.91 Å². The summed E-state index contributed by atoms with van der Waals surface area (Å²) in [5.74, 6) is -1.31. The molecule has 0 spiro atoms. The molecular formula is C9H14O7S. The zero-order chi connectivity index (χ0) is 13.6. The first kappa shape index (κ1) is 15.8. The largest absolute Gasteiger partial charge is 0.394 e. The molecule has 0 aromatic rings. The highest BCUT2D eigenvalue weighted by Gasteiger charge is 2.26. The summed E-state index contributed by atoms with van der Waals surface area (Å²) >= 11 is 0. The van der Waals surface area contributed by atoms with Gasteiger partial charge in [0.15, 0.2) is 4.91 Å². The van der Waals surface area contributed by atoms with Crippen LogP contribution < -0.4 is 0 Å². The standard InChI is InChI=1S/C9H14O7S/c1-6(2)17(13,14)7(3)9(12)16-15-5-8(11)4-10/h8,10-11H,1,3-5H2,2H3. The summed E-state index contributed by atoms with van der Waals surface area (Å²) < 4.78 is 22.8. The smallest absolute Gasteiger partial charge is 0.384 e. The molecule has 17 heavy (non-hydrogen) atoms. The van der Waals surface area contributed by atoms with Crippen LogP contribution in [0.5, 0.6) is 0 Å². The molecule has 0 aromatic carbocycles. The molecule has 1 unspecified atom stereocenters. The van der Waals surface area contributed by atoms with Crippen molar-refractivity contribution in [3.8, 4) is 0 Å². The number of hydrogen-bond acceptors (Lipinski definition) is 7. The molecule has 0 amide bonds. The first-order valence-electron chi connectivity index (χ1n) is 4.45. The van der Waals surface area contributed by atoms with E-state index in [9.17, 15) is 13.2 Å². The van der Waals surface area contributed by atoms with Crippen LogP contribution in [0.2, 0.25) is 0 Å². The van der Waals surface area contributed by atoms with Crippen LogP contribution in [-0.2, 0) is 24.4 Å². The molecule has 98 valence electrons. The van der Waals surface area contributed by atoms with E-state index in [2.05, 4.69) is 22.9 Å². The summed E-state index contributed by atoms with van der Waals surface area (Å²) in [5, 5.41) is 17.3. The number of carbonyl (C=O) groups excluding carboxylic acids is 1. The molecule has 0 radical (unpaired) electrons. The van der Waals surface area contributed by atoms with Gasteiger partial charge in [-0.05, 0) is 6.92 Å². The van der Waals surface area contributed by atoms with Gasteiger partial charge in [-0.15, -0.1) is 0 Å². The van der Waals surface area contributed by atoms with Crippen LogP contribution in [0.25, 0.3) is 0 Å². The number of hydrogen-bond donors (Lipinski definition) is 2. The van der Waals surface area contributed by atoms with E-state index in [1.165, 1.54) is 6.92 Å². The molecule has 2 N–H and O–H groups in total. The molecule has 0 aliphatic carbocycles. The van der Waals surface area contributed by atoms with Gasteiger partial charge in [0.25, 0.3) is 0 Å². The zero-order valence-corrected chi connectivity index (χ0v) is 10.1. The lowest BCUT2D eigenvalue weighted by molar-refractivity contribution is -0.278. The highest BCUT2D eigenvalue weighted by Crippen LogP contribution is 2.14. The van der Waals surface area contributed by atoms with Gasteiger partial charge in [-0.1, -0.05) is 13.2 Å². The van der Waals surface area contributed by atoms with Gasteiger partial charge in [-0.2, -0.15) is 4.89 Å². The van der Waals surface area contributed by atoms with E-state index in [-0.39, 0.29) is 4.91 Å². The molecule has 8 heteroatoms. The maximum atomic E-state index is 11.4. The number of rotatable bonds is 7. The van der Waals surface area contributed by atoms with Gasteiger partial charge in [0.05, 0.1) is 6.61 Å². The highest BCUT2D eigenvalue weighted by molar-refractivity contribution is 7.99. The van der Waals surface area contributed by atoms with Gasteiger partial charge in [0.1, 0.15) is 12.7 Å². The van der Waals surface area contributed by atoms with Crippen molar-refractivity contribution in [1.29, 1.82) is 0 Å². The number of allylic oxidation sites excluding steroid dienone is 1. The van der Waals surface area contributed by atoms with E-state index in [1.807, 2.05) is 0 Å². The summed E-state index contributed by atoms with van der Waals surface area (Å²) in [6.07, 6.45) is -1.23. The lowest BCUT2D eigenvalue weighted by Gasteiger charge is -2.08. The van der Waals surface area contributed by atoms with Crippen LogP contribution in [0.1, 0.15) is 6.92 Å². The fourth-order valence-corrected chi connectivity index (χ4v) is 1.26. The first-order valence-corrected chi connectivity index (χ1v) is 5.94. The third kappa shape index (κ3) is 4.65. The van der Waals surface area contributed by atoms with Gasteiger partial charge in [-0.3, -0.25) is 4.89 Å². The normalized spacial score (nSPS) is 12.9. The highest BCUT2D eigenvalue weighted by atomic mass is 32.2. The van der Waals surface area contributed by atoms with Crippen LogP contribution in [0.4, 0.5) is 0 Å². The third-order valence-electron chi connectivity index (χ3n) is 1.62. The van der Waals surface area contributed by atoms with Crippen molar-refractivity contribution in [1.82, 2.24) is 0 Å². The van der Waals surface area contributed by atoms with Crippen molar-refractivity contribution < 1.29 is 33.2 Å². The number of aliphatic hydroxyl groups excluding tert-OH is 2. The van der Waals surface area contributed by atoms with E-state index in [0.29, 0.717) is 0 Å². The molecule has 0 aliphatic heterocycles. The molecule has 0 bridgehead atoms. The average Bonchev–Trinajstić information content (AvgIpc) is 2.27. The minimum atomic E-state index is -3.99. The molecule has 0 aromatic heterocycles. The van der Waals surface area contributed by atoms with E-state index in [1.54, 1.807) is 0 Å². The summed E-state index contributed by atoms with van der Waals surface area (Å²) in [6.45, 7) is 6.37. The second-order valence-electron chi connectivity index (χ2n) is 3.12. The van der Waals surface area contributed by atoms with Crippen LogP contribution in [0, 0.1) is 0 Å². The second-order valence-corrected chi connectivity index (χ2v) is 5.32. The van der Waals surface area contributed by atoms with Crippen molar-refractivity contribution in [3.63, 3.8) is 0 Å². The molecular weight excluding hydrogens is 252 g/mol. The average molecular weight is 266 g/mol. The Morgan fingerprint density at radius 3 is 2.35 bits per heavy atom. The van der Waals surface area contributed by atoms with Crippen molar-refractivity contribution in [2.24, 2.45) is 0 Å². The van der Waals surface area contributed by atoms with E-state index >= 15 is 0 Å². The second kappa shape index (κ2) is 6.50. The molecule has 0 aliphatic rings. The quantitative estimate of drug-likeness (QED) is 0.355. The molecule has 0 fully saturated rings. The minimum absolute atomic E-state index is 0.255. The van der Waals surface area contributed by atoms with Crippen LogP contribution in [0.15, 0.2) is 23.0 Å². The van der Waals surface area contributed by atoms with Crippen molar-refractivity contribution in [2.75, 3.05) is 13.2 Å². The maximum absolute atomic E-state index is 11.4. The maximum Gasteiger partial charge on any atom is 0.384 e. The minimum Gasteiger partial charge on any atom is -0.394 e. The summed E-state index contributed by atoms with van der Waals surface area (Å²) in [7, 11) is -3.99. The van der Waals surface area contributed by atoms with E-state index < -0.39 is 40.0 Å². The molecule has 1 atom stereocenters. The fourth-order valence-electron chi connectivity index (χ4n) is 0.585. The predicted molar refractivity (Wildman–Crippen MR) is 58.0 cm³/mol. The van der Waals surface area contributed by atoms with Crippen molar-refractivity contribution >= 4 is 15.8 Å². The Kier molecular flexibility index (Phi) is 6.03. The predicted octanol–water partition coefficient (Wildman–Crippen LogP) is -0.724. The fraction of sp³-hybridized carbons (Fsp3) is 0.444. The summed E-state index contributed by atoms with van der Waals surface area (Å²) in [6, 6.07) is 0. The van der Waals surface area contributed by atoms with Crippen LogP contribution in [0.3, 0.4) is 0 Å². The Labute approximate surface area is 98.8 Å². The Morgan fingerprint density at radius 2 is 1.94 bits per heavy atom. The summed E-state index contributed by atoms with van der Waals surface area (Å²) in [4.78, 5) is 18.4. The monoisotopic (exact) mass is 266 g/mol. The Morgan fingerprint density at radius 1 is 1.41 bits per heavy atom. The van der Waals surface area contributed by atoms with Crippen LogP contribution >= 0.6 is 0 Å². The molecule has 0 rings (SSSR count). The summed E-state index contributed by atoms with van der Waals surface area (Å²) in [5.41, 5.74) is 0. The lowest BCUT2D eigenvalue weighted by atomic mass is 10.4. The van der Waals surface area contributed by atoms with Gasteiger partial charge in [0.2, 0.25) is 9.84 Å². The Balaban J connectivity index is 4.36. The topological polar surface area (TPSA) is 110 Å². The van der Waals surface area contributed by atoms with Crippen molar-refractivity contribution in [2.45, 2.75) is 13.0 Å². The Bertz CT molecular complexity index is 409. The zero-order valence-electron chi connectivity index (χ0n) is 9.25. The first-order chi connectivity index (χ1) is 7.73. The van der Waals surface area contributed by atoms with Crippen LogP contribution in [-0.4, -0.2) is 43.9 Å². The Hall–Kier alpha value is -1.22. The molecule has 0 saturated heterocycles. The molecule has 7 nitrogen and oxygen atoms in total. The third-order valence-corrected chi connectivity index (χ3v) is 3.35. The van der Waals surface area contributed by atoms with E-state index in [4.69, 9.17) is 10.2 Å². The number of carbonyl (C=O) groups is 1. The van der Waals surface area contributed by atoms with E-state index in [0.717, 1.165) is 0 Å². The number of sulfone groups is 1. The number of aliphatic hydroxyl groups is 2. The van der Waals surface area contributed by atoms with Gasteiger partial charge in [-0.25, -0.2) is 13.2 Å². The van der Waals surface area contributed by atoms with Crippen molar-refractivity contribution in [3.05, 3.63) is 23.0 Å². The van der Waals surface area contributed by atoms with Gasteiger partial charge < -0.3 is 10.2 Å². The molecule has 0 saturated carbocycles. The van der Waals surface area contributed by atoms with Gasteiger partial charge >= 0.3 is 5.97 Å².